The monoisotopic (exact) mass is 284 g/mol. The SMILES string of the molecule is CCn1nc(C)c([N+](=O)[O-])c1NCC1(O)CCOCC1. The van der Waals surface area contributed by atoms with Gasteiger partial charge in [0.15, 0.2) is 0 Å². The van der Waals surface area contributed by atoms with Crippen molar-refractivity contribution in [2.45, 2.75) is 38.8 Å². The maximum atomic E-state index is 11.1. The van der Waals surface area contributed by atoms with Crippen molar-refractivity contribution in [1.29, 1.82) is 0 Å². The number of hydrogen-bond donors (Lipinski definition) is 2. The van der Waals surface area contributed by atoms with Crippen molar-refractivity contribution in [2.24, 2.45) is 0 Å². The number of nitro groups is 1. The molecule has 20 heavy (non-hydrogen) atoms. The van der Waals surface area contributed by atoms with E-state index in [2.05, 4.69) is 10.4 Å². The van der Waals surface area contributed by atoms with Crippen molar-refractivity contribution in [3.8, 4) is 0 Å². The van der Waals surface area contributed by atoms with E-state index in [1.54, 1.807) is 11.6 Å². The van der Waals surface area contributed by atoms with E-state index in [-0.39, 0.29) is 12.2 Å². The third-order valence-corrected chi connectivity index (χ3v) is 3.59. The summed E-state index contributed by atoms with van der Waals surface area (Å²) in [6.07, 6.45) is 1.04. The largest absolute Gasteiger partial charge is 0.388 e. The zero-order chi connectivity index (χ0) is 14.8. The van der Waals surface area contributed by atoms with Gasteiger partial charge in [-0.1, -0.05) is 0 Å². The topological polar surface area (TPSA) is 102 Å². The van der Waals surface area contributed by atoms with Crippen LogP contribution in [0, 0.1) is 17.0 Å². The lowest BCUT2D eigenvalue weighted by Crippen LogP contribution is -2.42. The van der Waals surface area contributed by atoms with E-state index in [0.29, 0.717) is 44.1 Å². The van der Waals surface area contributed by atoms with Crippen LogP contribution >= 0.6 is 0 Å². The van der Waals surface area contributed by atoms with Crippen LogP contribution in [0.4, 0.5) is 11.5 Å². The minimum absolute atomic E-state index is 0.0255. The Morgan fingerprint density at radius 1 is 1.55 bits per heavy atom. The first-order valence-corrected chi connectivity index (χ1v) is 6.72. The van der Waals surface area contributed by atoms with Crippen LogP contribution in [0.5, 0.6) is 0 Å². The van der Waals surface area contributed by atoms with E-state index in [4.69, 9.17) is 4.74 Å². The number of ether oxygens (including phenoxy) is 1. The van der Waals surface area contributed by atoms with Crippen LogP contribution in [-0.4, -0.2) is 45.2 Å². The summed E-state index contributed by atoms with van der Waals surface area (Å²) in [5, 5.41) is 28.7. The first-order chi connectivity index (χ1) is 9.47. The Kier molecular flexibility index (Phi) is 4.24. The minimum atomic E-state index is -0.886. The third-order valence-electron chi connectivity index (χ3n) is 3.59. The van der Waals surface area contributed by atoms with Gasteiger partial charge in [0.1, 0.15) is 5.69 Å². The predicted octanol–water partition coefficient (Wildman–Crippen LogP) is 1.07. The Bertz CT molecular complexity index is 494. The number of aromatic nitrogens is 2. The fourth-order valence-corrected chi connectivity index (χ4v) is 2.37. The van der Waals surface area contributed by atoms with Crippen LogP contribution in [0.3, 0.4) is 0 Å². The van der Waals surface area contributed by atoms with E-state index in [1.165, 1.54) is 0 Å². The molecule has 0 bridgehead atoms. The summed E-state index contributed by atoms with van der Waals surface area (Å²) in [5.41, 5.74) is -0.538. The molecule has 112 valence electrons. The normalized spacial score (nSPS) is 17.9. The molecule has 0 aromatic carbocycles. The highest BCUT2D eigenvalue weighted by Crippen LogP contribution is 2.29. The molecule has 0 unspecified atom stereocenters. The molecule has 0 amide bonds. The number of hydrogen-bond acceptors (Lipinski definition) is 6. The lowest BCUT2D eigenvalue weighted by atomic mass is 9.94. The highest BCUT2D eigenvalue weighted by molar-refractivity contribution is 5.59. The zero-order valence-corrected chi connectivity index (χ0v) is 11.8. The summed E-state index contributed by atoms with van der Waals surface area (Å²) in [5.74, 6) is 0.356. The van der Waals surface area contributed by atoms with Crippen molar-refractivity contribution in [3.05, 3.63) is 15.8 Å². The Balaban J connectivity index is 2.17. The van der Waals surface area contributed by atoms with E-state index >= 15 is 0 Å². The summed E-state index contributed by atoms with van der Waals surface area (Å²) in [6, 6.07) is 0. The molecule has 0 aliphatic carbocycles. The molecule has 0 saturated carbocycles. The fourth-order valence-electron chi connectivity index (χ4n) is 2.37. The van der Waals surface area contributed by atoms with Crippen molar-refractivity contribution in [2.75, 3.05) is 25.1 Å². The molecule has 8 nitrogen and oxygen atoms in total. The van der Waals surface area contributed by atoms with Crippen LogP contribution < -0.4 is 5.32 Å². The Morgan fingerprint density at radius 3 is 2.75 bits per heavy atom. The van der Waals surface area contributed by atoms with Gasteiger partial charge < -0.3 is 15.2 Å². The molecule has 2 N–H and O–H groups in total. The van der Waals surface area contributed by atoms with Crippen molar-refractivity contribution in [3.63, 3.8) is 0 Å². The van der Waals surface area contributed by atoms with Gasteiger partial charge in [0.2, 0.25) is 5.82 Å². The minimum Gasteiger partial charge on any atom is -0.388 e. The molecule has 1 fully saturated rings. The van der Waals surface area contributed by atoms with Gasteiger partial charge in [-0.25, -0.2) is 4.68 Å². The van der Waals surface area contributed by atoms with Crippen molar-refractivity contribution >= 4 is 11.5 Å². The molecule has 1 aliphatic rings. The second-order valence-corrected chi connectivity index (χ2v) is 5.05. The van der Waals surface area contributed by atoms with Gasteiger partial charge in [0.25, 0.3) is 0 Å². The highest BCUT2D eigenvalue weighted by atomic mass is 16.6. The van der Waals surface area contributed by atoms with Gasteiger partial charge in [0.05, 0.1) is 10.5 Å². The summed E-state index contributed by atoms with van der Waals surface area (Å²) >= 11 is 0. The van der Waals surface area contributed by atoms with Gasteiger partial charge in [-0.05, 0) is 13.8 Å². The molecule has 1 aromatic rings. The van der Waals surface area contributed by atoms with E-state index in [9.17, 15) is 15.2 Å². The van der Waals surface area contributed by atoms with E-state index < -0.39 is 10.5 Å². The smallest absolute Gasteiger partial charge is 0.333 e. The molecular weight excluding hydrogens is 264 g/mol. The molecule has 1 saturated heterocycles. The van der Waals surface area contributed by atoms with Gasteiger partial charge in [0, 0.05) is 39.1 Å². The molecule has 1 aliphatic heterocycles. The second kappa shape index (κ2) is 5.76. The summed E-state index contributed by atoms with van der Waals surface area (Å²) in [6.45, 7) is 5.27. The number of nitrogens with one attached hydrogen (secondary N) is 1. The highest BCUT2D eigenvalue weighted by Gasteiger charge is 2.32. The maximum absolute atomic E-state index is 11.1. The van der Waals surface area contributed by atoms with E-state index in [0.717, 1.165) is 0 Å². The number of anilines is 1. The zero-order valence-electron chi connectivity index (χ0n) is 11.8. The first-order valence-electron chi connectivity index (χ1n) is 6.72. The van der Waals surface area contributed by atoms with Gasteiger partial charge in [-0.15, -0.1) is 0 Å². The van der Waals surface area contributed by atoms with E-state index in [1.807, 2.05) is 6.92 Å². The van der Waals surface area contributed by atoms with Crippen LogP contribution in [-0.2, 0) is 11.3 Å². The van der Waals surface area contributed by atoms with Crippen LogP contribution in [0.2, 0.25) is 0 Å². The quantitative estimate of drug-likeness (QED) is 0.619. The van der Waals surface area contributed by atoms with Crippen LogP contribution in [0.1, 0.15) is 25.5 Å². The number of rotatable bonds is 5. The predicted molar refractivity (Wildman–Crippen MR) is 72.8 cm³/mol. The number of nitrogens with zero attached hydrogens (tertiary/aromatic N) is 3. The Morgan fingerprint density at radius 2 is 2.20 bits per heavy atom. The maximum Gasteiger partial charge on any atom is 0.333 e. The van der Waals surface area contributed by atoms with Crippen molar-refractivity contribution in [1.82, 2.24) is 9.78 Å². The van der Waals surface area contributed by atoms with Crippen molar-refractivity contribution < 1.29 is 14.8 Å². The third kappa shape index (κ3) is 2.91. The first kappa shape index (κ1) is 14.7. The number of aryl methyl sites for hydroxylation is 2. The molecule has 2 rings (SSSR count). The lowest BCUT2D eigenvalue weighted by molar-refractivity contribution is -0.384. The molecule has 0 radical (unpaired) electrons. The molecule has 2 heterocycles. The average molecular weight is 284 g/mol. The molecule has 0 atom stereocenters. The fraction of sp³-hybridized carbons (Fsp3) is 0.750. The molecule has 8 heteroatoms. The molecule has 0 spiro atoms. The standard InChI is InChI=1S/C12H20N4O4/c1-3-15-11(10(16(18)19)9(2)14-15)13-8-12(17)4-6-20-7-5-12/h13,17H,3-8H2,1-2H3. The summed E-state index contributed by atoms with van der Waals surface area (Å²) in [7, 11) is 0. The average Bonchev–Trinajstić information content (AvgIpc) is 2.73. The Labute approximate surface area is 116 Å². The van der Waals surface area contributed by atoms with Crippen LogP contribution in [0.15, 0.2) is 0 Å². The molecule has 1 aromatic heterocycles. The second-order valence-electron chi connectivity index (χ2n) is 5.05. The lowest BCUT2D eigenvalue weighted by Gasteiger charge is -2.32. The van der Waals surface area contributed by atoms with Gasteiger partial charge in [-0.2, -0.15) is 5.10 Å². The summed E-state index contributed by atoms with van der Waals surface area (Å²) < 4.78 is 6.77. The van der Waals surface area contributed by atoms with Gasteiger partial charge >= 0.3 is 5.69 Å². The summed E-state index contributed by atoms with van der Waals surface area (Å²) in [4.78, 5) is 10.7. The Hall–Kier alpha value is -1.67. The number of aliphatic hydroxyl groups is 1. The molecular formula is C12H20N4O4. The van der Waals surface area contributed by atoms with Gasteiger partial charge in [-0.3, -0.25) is 10.1 Å². The van der Waals surface area contributed by atoms with Crippen LogP contribution in [0.25, 0.3) is 0 Å².